The van der Waals surface area contributed by atoms with Crippen molar-refractivity contribution in [2.45, 2.75) is 44.8 Å². The van der Waals surface area contributed by atoms with E-state index in [4.69, 9.17) is 12.2 Å². The van der Waals surface area contributed by atoms with Crippen LogP contribution in [0.2, 0.25) is 0 Å². The van der Waals surface area contributed by atoms with Crippen LogP contribution in [0.3, 0.4) is 0 Å². The lowest BCUT2D eigenvalue weighted by Crippen LogP contribution is -2.30. The number of anilines is 1. The summed E-state index contributed by atoms with van der Waals surface area (Å²) in [4.78, 5) is 6.50. The first kappa shape index (κ1) is 18.3. The first-order chi connectivity index (χ1) is 14.1. The average molecular weight is 407 g/mol. The molecule has 1 aromatic carbocycles. The van der Waals surface area contributed by atoms with E-state index in [0.29, 0.717) is 16.8 Å². The number of nitrogens with one attached hydrogen (secondary N) is 1. The van der Waals surface area contributed by atoms with Gasteiger partial charge >= 0.3 is 0 Å². The SMILES string of the molecule is Cc1cc([C@H]2[C@H](c3ccccn3)NC(=S)N2c2ccccc2F)c(C)n1C1CC1. The molecule has 29 heavy (non-hydrogen) atoms. The lowest BCUT2D eigenvalue weighted by Gasteiger charge is -2.28. The number of aromatic nitrogens is 2. The van der Waals surface area contributed by atoms with Crippen LogP contribution in [0.5, 0.6) is 0 Å². The molecular weight excluding hydrogens is 383 g/mol. The molecule has 0 amide bonds. The Balaban J connectivity index is 1.68. The third-order valence-electron chi connectivity index (χ3n) is 5.96. The van der Waals surface area contributed by atoms with Crippen LogP contribution in [0.1, 0.15) is 53.6 Å². The Morgan fingerprint density at radius 1 is 1.10 bits per heavy atom. The van der Waals surface area contributed by atoms with Crippen LogP contribution in [0.4, 0.5) is 10.1 Å². The van der Waals surface area contributed by atoms with Gasteiger partial charge in [0.05, 0.1) is 23.5 Å². The monoisotopic (exact) mass is 406 g/mol. The van der Waals surface area contributed by atoms with E-state index in [-0.39, 0.29) is 17.9 Å². The Kier molecular flexibility index (Phi) is 4.39. The number of thiocarbonyl (C=S) groups is 1. The molecule has 1 saturated heterocycles. The van der Waals surface area contributed by atoms with E-state index in [9.17, 15) is 4.39 Å². The topological polar surface area (TPSA) is 33.1 Å². The van der Waals surface area contributed by atoms with Crippen molar-refractivity contribution in [2.75, 3.05) is 4.90 Å². The zero-order valence-corrected chi connectivity index (χ0v) is 17.3. The molecular formula is C23H23FN4S. The summed E-state index contributed by atoms with van der Waals surface area (Å²) in [6.45, 7) is 4.32. The van der Waals surface area contributed by atoms with E-state index in [0.717, 1.165) is 5.69 Å². The fourth-order valence-electron chi connectivity index (χ4n) is 4.57. The van der Waals surface area contributed by atoms with Gasteiger partial charge in [-0.3, -0.25) is 4.98 Å². The van der Waals surface area contributed by atoms with Gasteiger partial charge in [-0.1, -0.05) is 18.2 Å². The van der Waals surface area contributed by atoms with E-state index in [1.807, 2.05) is 29.2 Å². The molecule has 3 aromatic rings. The molecule has 1 aliphatic carbocycles. The minimum absolute atomic E-state index is 0.156. The highest BCUT2D eigenvalue weighted by Gasteiger charge is 2.43. The van der Waals surface area contributed by atoms with Gasteiger partial charge in [0, 0.05) is 23.6 Å². The van der Waals surface area contributed by atoms with Crippen molar-refractivity contribution in [3.8, 4) is 0 Å². The quantitative estimate of drug-likeness (QED) is 0.608. The first-order valence-corrected chi connectivity index (χ1v) is 10.4. The molecule has 0 radical (unpaired) electrons. The van der Waals surface area contributed by atoms with Crippen LogP contribution >= 0.6 is 12.2 Å². The lowest BCUT2D eigenvalue weighted by molar-refractivity contribution is 0.553. The number of hydrogen-bond donors (Lipinski definition) is 1. The van der Waals surface area contributed by atoms with Crippen LogP contribution < -0.4 is 10.2 Å². The average Bonchev–Trinajstić information content (AvgIpc) is 3.43. The molecule has 0 spiro atoms. The fraction of sp³-hybridized carbons (Fsp3) is 0.304. The predicted molar refractivity (Wildman–Crippen MR) is 117 cm³/mol. The summed E-state index contributed by atoms with van der Waals surface area (Å²) in [5, 5.41) is 3.93. The van der Waals surface area contributed by atoms with E-state index >= 15 is 0 Å². The third-order valence-corrected chi connectivity index (χ3v) is 6.28. The van der Waals surface area contributed by atoms with Gasteiger partial charge in [-0.05, 0) is 74.8 Å². The predicted octanol–water partition coefficient (Wildman–Crippen LogP) is 5.15. The number of hydrogen-bond acceptors (Lipinski definition) is 2. The van der Waals surface area contributed by atoms with Crippen LogP contribution in [-0.4, -0.2) is 14.7 Å². The highest BCUT2D eigenvalue weighted by Crippen LogP contribution is 2.46. The maximum absolute atomic E-state index is 14.8. The molecule has 1 N–H and O–H groups in total. The van der Waals surface area contributed by atoms with Crippen molar-refractivity contribution in [3.05, 3.63) is 83.2 Å². The zero-order valence-electron chi connectivity index (χ0n) is 16.5. The van der Waals surface area contributed by atoms with Gasteiger partial charge in [-0.2, -0.15) is 0 Å². The molecule has 1 aliphatic heterocycles. The molecule has 148 valence electrons. The van der Waals surface area contributed by atoms with E-state index in [1.54, 1.807) is 18.3 Å². The maximum Gasteiger partial charge on any atom is 0.174 e. The minimum Gasteiger partial charge on any atom is -0.351 e. The zero-order chi connectivity index (χ0) is 20.1. The molecule has 2 atom stereocenters. The van der Waals surface area contributed by atoms with Gasteiger partial charge in [0.15, 0.2) is 5.11 Å². The smallest absolute Gasteiger partial charge is 0.174 e. The lowest BCUT2D eigenvalue weighted by atomic mass is 9.96. The maximum atomic E-state index is 14.8. The number of rotatable bonds is 4. The first-order valence-electron chi connectivity index (χ1n) is 9.99. The molecule has 3 heterocycles. The van der Waals surface area contributed by atoms with Gasteiger partial charge in [-0.25, -0.2) is 4.39 Å². The van der Waals surface area contributed by atoms with Crippen molar-refractivity contribution < 1.29 is 4.39 Å². The normalized spacial score (nSPS) is 21.5. The van der Waals surface area contributed by atoms with E-state index < -0.39 is 0 Å². The van der Waals surface area contributed by atoms with Crippen molar-refractivity contribution in [3.63, 3.8) is 0 Å². The summed E-state index contributed by atoms with van der Waals surface area (Å²) in [6.07, 6.45) is 4.23. The second-order valence-corrected chi connectivity index (χ2v) is 8.26. The molecule has 0 bridgehead atoms. The molecule has 2 fully saturated rings. The second kappa shape index (κ2) is 6.95. The van der Waals surface area contributed by atoms with Crippen LogP contribution in [0.25, 0.3) is 0 Å². The third kappa shape index (κ3) is 3.02. The molecule has 0 unspecified atom stereocenters. The number of para-hydroxylation sites is 1. The van der Waals surface area contributed by atoms with Gasteiger partial charge in [0.25, 0.3) is 0 Å². The highest BCUT2D eigenvalue weighted by molar-refractivity contribution is 7.80. The van der Waals surface area contributed by atoms with Gasteiger partial charge in [-0.15, -0.1) is 0 Å². The van der Waals surface area contributed by atoms with Gasteiger partial charge in [0.1, 0.15) is 5.82 Å². The summed E-state index contributed by atoms with van der Waals surface area (Å²) >= 11 is 5.70. The molecule has 2 aromatic heterocycles. The molecule has 6 heteroatoms. The summed E-state index contributed by atoms with van der Waals surface area (Å²) in [5.41, 5.74) is 5.02. The Hall–Kier alpha value is -2.73. The second-order valence-electron chi connectivity index (χ2n) is 7.88. The van der Waals surface area contributed by atoms with Crippen molar-refractivity contribution >= 4 is 23.0 Å². The number of nitrogens with zero attached hydrogens (tertiary/aromatic N) is 3. The van der Waals surface area contributed by atoms with Gasteiger partial charge < -0.3 is 14.8 Å². The van der Waals surface area contributed by atoms with E-state index in [1.165, 1.54) is 35.9 Å². The summed E-state index contributed by atoms with van der Waals surface area (Å²) in [7, 11) is 0. The molecule has 5 rings (SSSR count). The Bertz CT molecular complexity index is 1070. The van der Waals surface area contributed by atoms with E-state index in [2.05, 4.69) is 34.8 Å². The molecule has 2 aliphatic rings. The number of halogens is 1. The van der Waals surface area contributed by atoms with Crippen molar-refractivity contribution in [2.24, 2.45) is 0 Å². The number of pyridine rings is 1. The summed E-state index contributed by atoms with van der Waals surface area (Å²) in [5.74, 6) is -0.278. The van der Waals surface area contributed by atoms with Crippen LogP contribution in [-0.2, 0) is 0 Å². The van der Waals surface area contributed by atoms with Crippen molar-refractivity contribution in [1.82, 2.24) is 14.9 Å². The summed E-state index contributed by atoms with van der Waals surface area (Å²) in [6, 6.07) is 15.2. The number of aryl methyl sites for hydroxylation is 1. The van der Waals surface area contributed by atoms with Crippen LogP contribution in [0, 0.1) is 19.7 Å². The fourth-order valence-corrected chi connectivity index (χ4v) is 4.91. The minimum atomic E-state index is -0.278. The van der Waals surface area contributed by atoms with Gasteiger partial charge in [0.2, 0.25) is 0 Å². The largest absolute Gasteiger partial charge is 0.351 e. The van der Waals surface area contributed by atoms with Crippen molar-refractivity contribution in [1.29, 1.82) is 0 Å². The Morgan fingerprint density at radius 2 is 1.86 bits per heavy atom. The molecule has 4 nitrogen and oxygen atoms in total. The number of benzene rings is 1. The Labute approximate surface area is 175 Å². The molecule has 1 saturated carbocycles. The summed E-state index contributed by atoms with van der Waals surface area (Å²) < 4.78 is 17.2. The Morgan fingerprint density at radius 3 is 2.55 bits per heavy atom. The van der Waals surface area contributed by atoms with Crippen LogP contribution in [0.15, 0.2) is 54.7 Å². The highest BCUT2D eigenvalue weighted by atomic mass is 32.1. The standard InChI is InChI=1S/C23H23FN4S/c1-14-13-17(15(2)27(14)16-10-11-16)22-21(19-8-5-6-12-25-19)26-23(29)28(22)20-9-4-3-7-18(20)24/h3-9,12-13,16,21-22H,10-11H2,1-2H3,(H,26,29)/t21-,22-/m0/s1.